The summed E-state index contributed by atoms with van der Waals surface area (Å²) in [5.41, 5.74) is 3.65. The monoisotopic (exact) mass is 550 g/mol. The molecule has 11 heteroatoms. The molecule has 1 atom stereocenters. The van der Waals surface area contributed by atoms with Crippen LogP contribution in [0.5, 0.6) is 17.4 Å². The highest BCUT2D eigenvalue weighted by Gasteiger charge is 2.23. The molecule has 0 radical (unpaired) electrons. The molecule has 3 N–H and O–H groups in total. The normalized spacial score (nSPS) is 12.2. The number of nitrogens with zero attached hydrogens (tertiary/aromatic N) is 3. The van der Waals surface area contributed by atoms with Crippen LogP contribution in [0.25, 0.3) is 10.9 Å². The highest BCUT2D eigenvalue weighted by molar-refractivity contribution is 7.85. The zero-order chi connectivity index (χ0) is 28.5. The van der Waals surface area contributed by atoms with Crippen molar-refractivity contribution in [1.82, 2.24) is 14.5 Å². The lowest BCUT2D eigenvalue weighted by atomic mass is 9.86. The minimum Gasteiger partial charge on any atom is -0.492 e. The topological polar surface area (TPSA) is 119 Å². The third-order valence-electron chi connectivity index (χ3n) is 6.18. The number of para-hydroxylation sites is 1. The van der Waals surface area contributed by atoms with Crippen molar-refractivity contribution in [2.24, 2.45) is 7.05 Å². The summed E-state index contributed by atoms with van der Waals surface area (Å²) in [5.74, 6) is 1.47. The predicted octanol–water partition coefficient (Wildman–Crippen LogP) is 5.37. The highest BCUT2D eigenvalue weighted by Crippen LogP contribution is 2.39. The number of benzene rings is 2. The Morgan fingerprint density at radius 1 is 1.08 bits per heavy atom. The van der Waals surface area contributed by atoms with E-state index in [1.165, 1.54) is 7.11 Å². The van der Waals surface area contributed by atoms with Crippen molar-refractivity contribution < 1.29 is 18.5 Å². The van der Waals surface area contributed by atoms with Gasteiger partial charge < -0.3 is 29.4 Å². The number of aryl methyl sites for hydroxylation is 2. The number of hydrogen-bond donors (Lipinski definition) is 3. The summed E-state index contributed by atoms with van der Waals surface area (Å²) >= 11 is 0. The van der Waals surface area contributed by atoms with Crippen LogP contribution in [0.4, 0.5) is 17.3 Å². The van der Waals surface area contributed by atoms with Crippen LogP contribution in [0, 0.1) is 6.92 Å². The van der Waals surface area contributed by atoms with Crippen LogP contribution in [0.15, 0.2) is 42.5 Å². The first-order valence-electron chi connectivity index (χ1n) is 12.3. The number of carbonyl (C=O) groups is 1. The summed E-state index contributed by atoms with van der Waals surface area (Å²) in [6.07, 6.45) is 1.54. The van der Waals surface area contributed by atoms with E-state index in [1.54, 1.807) is 23.9 Å². The summed E-state index contributed by atoms with van der Waals surface area (Å²) < 4.78 is 28.5. The summed E-state index contributed by atoms with van der Waals surface area (Å²) in [6, 6.07) is 13.0. The Morgan fingerprint density at radius 3 is 2.44 bits per heavy atom. The summed E-state index contributed by atoms with van der Waals surface area (Å²) in [7, 11) is 3.74. The van der Waals surface area contributed by atoms with E-state index < -0.39 is 11.0 Å². The van der Waals surface area contributed by atoms with Gasteiger partial charge in [0.2, 0.25) is 11.8 Å². The number of anilines is 3. The van der Waals surface area contributed by atoms with Gasteiger partial charge in [-0.25, -0.2) is 9.19 Å². The Kier molecular flexibility index (Phi) is 7.82. The Labute approximate surface area is 230 Å². The van der Waals surface area contributed by atoms with Crippen LogP contribution in [0.1, 0.15) is 42.5 Å². The number of amides is 1. The first-order chi connectivity index (χ1) is 18.4. The van der Waals surface area contributed by atoms with Crippen molar-refractivity contribution in [2.45, 2.75) is 33.1 Å². The fourth-order valence-corrected chi connectivity index (χ4v) is 4.75. The molecule has 0 aliphatic carbocycles. The van der Waals surface area contributed by atoms with Crippen LogP contribution in [0.3, 0.4) is 0 Å². The Balaban J connectivity index is 1.74. The van der Waals surface area contributed by atoms with Crippen molar-refractivity contribution in [3.8, 4) is 17.4 Å². The van der Waals surface area contributed by atoms with Gasteiger partial charge in [0.05, 0.1) is 24.0 Å². The van der Waals surface area contributed by atoms with E-state index in [1.807, 2.05) is 50.4 Å². The van der Waals surface area contributed by atoms with Crippen molar-refractivity contribution in [1.29, 1.82) is 0 Å². The first kappa shape index (κ1) is 27.9. The Hall–Kier alpha value is -4.12. The van der Waals surface area contributed by atoms with Gasteiger partial charge in [0.25, 0.3) is 5.91 Å². The molecule has 4 rings (SSSR count). The molecule has 0 fully saturated rings. The van der Waals surface area contributed by atoms with Gasteiger partial charge >= 0.3 is 0 Å². The van der Waals surface area contributed by atoms with E-state index >= 15 is 0 Å². The van der Waals surface area contributed by atoms with Crippen molar-refractivity contribution in [3.05, 3.63) is 59.4 Å². The lowest BCUT2D eigenvalue weighted by molar-refractivity contribution is 0.101. The fourth-order valence-electron chi connectivity index (χ4n) is 4.29. The van der Waals surface area contributed by atoms with E-state index in [-0.39, 0.29) is 11.3 Å². The van der Waals surface area contributed by atoms with Gasteiger partial charge in [-0.3, -0.25) is 4.79 Å². The number of nitrogens with one attached hydrogen (secondary N) is 3. The van der Waals surface area contributed by atoms with E-state index in [4.69, 9.17) is 9.47 Å². The Bertz CT molecular complexity index is 1570. The highest BCUT2D eigenvalue weighted by atomic mass is 32.2. The van der Waals surface area contributed by atoms with Gasteiger partial charge in [0, 0.05) is 37.5 Å². The van der Waals surface area contributed by atoms with Crippen LogP contribution in [0.2, 0.25) is 0 Å². The molecule has 39 heavy (non-hydrogen) atoms. The van der Waals surface area contributed by atoms with Crippen LogP contribution in [-0.4, -0.2) is 45.1 Å². The average molecular weight is 551 g/mol. The second kappa shape index (κ2) is 10.9. The molecule has 2 heterocycles. The summed E-state index contributed by atoms with van der Waals surface area (Å²) in [5, 5.41) is 6.77. The third kappa shape index (κ3) is 5.98. The van der Waals surface area contributed by atoms with Crippen LogP contribution >= 0.6 is 0 Å². The molecule has 0 aliphatic rings. The quantitative estimate of drug-likeness (QED) is 0.270. The van der Waals surface area contributed by atoms with Crippen molar-refractivity contribution in [3.63, 3.8) is 0 Å². The molecule has 4 aromatic rings. The van der Waals surface area contributed by atoms with E-state index in [0.29, 0.717) is 40.4 Å². The second-order valence-electron chi connectivity index (χ2n) is 10.2. The van der Waals surface area contributed by atoms with Crippen LogP contribution < -0.4 is 24.8 Å². The molecule has 0 spiro atoms. The van der Waals surface area contributed by atoms with Gasteiger partial charge in [0.1, 0.15) is 16.7 Å². The largest absolute Gasteiger partial charge is 0.492 e. The standard InChI is InChI=1S/C28H34N6O4S/c1-16-12-23(32-27(29-5)30-16)38-22-11-9-10-17-13-21(34(6)24(17)22)26(35)31-19-14-18(28(2,3)4)15-20(25(19)37-7)33-39(8)36/h9-15,33H,1-8H3,(H,31,35)(H,29,30,32). The predicted molar refractivity (Wildman–Crippen MR) is 157 cm³/mol. The minimum absolute atomic E-state index is 0.226. The minimum atomic E-state index is -1.33. The summed E-state index contributed by atoms with van der Waals surface area (Å²) in [4.78, 5) is 22.3. The van der Waals surface area contributed by atoms with Crippen LogP contribution in [-0.2, 0) is 23.4 Å². The molecule has 206 valence electrons. The SMILES string of the molecule is CNc1nc(C)cc(Oc2cccc3cc(C(=O)Nc4cc(C(C)(C)C)cc(NS(C)=O)c4OC)n(C)c23)n1. The first-order valence-corrected chi connectivity index (χ1v) is 13.9. The second-order valence-corrected chi connectivity index (χ2v) is 11.3. The van der Waals surface area contributed by atoms with Crippen molar-refractivity contribution in [2.75, 3.05) is 35.8 Å². The molecule has 1 unspecified atom stereocenters. The number of aromatic nitrogens is 3. The molecule has 0 saturated heterocycles. The number of fused-ring (bicyclic) bond motifs is 1. The fraction of sp³-hybridized carbons (Fsp3) is 0.321. The summed E-state index contributed by atoms with van der Waals surface area (Å²) in [6.45, 7) is 8.06. The molecule has 2 aromatic heterocycles. The molecule has 0 bridgehead atoms. The maximum Gasteiger partial charge on any atom is 0.272 e. The number of hydrogen-bond acceptors (Lipinski definition) is 7. The number of ether oxygens (including phenoxy) is 2. The molecule has 0 aliphatic heterocycles. The zero-order valence-electron chi connectivity index (χ0n) is 23.4. The number of methoxy groups -OCH3 is 1. The van der Waals surface area contributed by atoms with Crippen molar-refractivity contribution >= 4 is 45.1 Å². The lowest BCUT2D eigenvalue weighted by Gasteiger charge is -2.23. The molecular formula is C28H34N6O4S. The maximum atomic E-state index is 13.6. The van der Waals surface area contributed by atoms with Gasteiger partial charge in [-0.15, -0.1) is 0 Å². The van der Waals surface area contributed by atoms with E-state index in [9.17, 15) is 9.00 Å². The molecule has 10 nitrogen and oxygen atoms in total. The third-order valence-corrected chi connectivity index (χ3v) is 6.69. The number of carbonyl (C=O) groups excluding carboxylic acids is 1. The number of rotatable bonds is 8. The zero-order valence-corrected chi connectivity index (χ0v) is 24.2. The molecule has 1 amide bonds. The smallest absolute Gasteiger partial charge is 0.272 e. The average Bonchev–Trinajstić information content (AvgIpc) is 3.20. The molecule has 0 saturated carbocycles. The maximum absolute atomic E-state index is 13.6. The van der Waals surface area contributed by atoms with Gasteiger partial charge in [-0.05, 0) is 42.2 Å². The van der Waals surface area contributed by atoms with Gasteiger partial charge in [0.15, 0.2) is 11.5 Å². The Morgan fingerprint density at radius 2 is 1.79 bits per heavy atom. The van der Waals surface area contributed by atoms with Gasteiger partial charge in [-0.1, -0.05) is 32.9 Å². The van der Waals surface area contributed by atoms with Gasteiger partial charge in [-0.2, -0.15) is 4.98 Å². The van der Waals surface area contributed by atoms with E-state index in [0.717, 1.165) is 22.2 Å². The molecular weight excluding hydrogens is 516 g/mol. The lowest BCUT2D eigenvalue weighted by Crippen LogP contribution is -2.19. The molecule has 2 aromatic carbocycles. The van der Waals surface area contributed by atoms with E-state index in [2.05, 4.69) is 46.1 Å².